The second kappa shape index (κ2) is 8.50. The molecule has 0 saturated carbocycles. The van der Waals surface area contributed by atoms with E-state index in [4.69, 9.17) is 4.74 Å². The summed E-state index contributed by atoms with van der Waals surface area (Å²) in [7, 11) is 0. The fraction of sp³-hybridized carbons (Fsp3) is 0.529. The lowest BCUT2D eigenvalue weighted by molar-refractivity contribution is -0.131. The number of rotatable bonds is 6. The molecule has 0 aliphatic heterocycles. The topological polar surface area (TPSA) is 58.6 Å². The van der Waals surface area contributed by atoms with Crippen molar-refractivity contribution in [2.45, 2.75) is 46.3 Å². The SMILES string of the molecule is CCN(Cc1cccc(F)c1)C(=O)CCNC(=O)OC(C)(C)C. The van der Waals surface area contributed by atoms with Crippen molar-refractivity contribution in [2.75, 3.05) is 13.1 Å². The number of carbonyl (C=O) groups is 2. The van der Waals surface area contributed by atoms with E-state index in [2.05, 4.69) is 5.32 Å². The van der Waals surface area contributed by atoms with Crippen molar-refractivity contribution in [1.29, 1.82) is 0 Å². The molecule has 1 aromatic rings. The van der Waals surface area contributed by atoms with Crippen LogP contribution in [0.2, 0.25) is 0 Å². The molecule has 0 saturated heterocycles. The summed E-state index contributed by atoms with van der Waals surface area (Å²) >= 11 is 0. The van der Waals surface area contributed by atoms with Crippen LogP contribution in [0.4, 0.5) is 9.18 Å². The molecule has 23 heavy (non-hydrogen) atoms. The molecule has 0 heterocycles. The van der Waals surface area contributed by atoms with Crippen LogP contribution in [0.1, 0.15) is 39.7 Å². The lowest BCUT2D eigenvalue weighted by atomic mass is 10.2. The van der Waals surface area contributed by atoms with Crippen LogP contribution in [-0.4, -0.2) is 35.6 Å². The molecule has 6 heteroatoms. The molecule has 0 aliphatic carbocycles. The number of alkyl carbamates (subject to hydrolysis) is 1. The maximum absolute atomic E-state index is 13.2. The van der Waals surface area contributed by atoms with E-state index in [0.29, 0.717) is 13.1 Å². The number of hydrogen-bond acceptors (Lipinski definition) is 3. The van der Waals surface area contributed by atoms with Gasteiger partial charge in [-0.2, -0.15) is 0 Å². The van der Waals surface area contributed by atoms with Crippen LogP contribution in [0.15, 0.2) is 24.3 Å². The van der Waals surface area contributed by atoms with E-state index >= 15 is 0 Å². The van der Waals surface area contributed by atoms with Gasteiger partial charge < -0.3 is 15.0 Å². The summed E-state index contributed by atoms with van der Waals surface area (Å²) < 4.78 is 18.3. The van der Waals surface area contributed by atoms with Crippen molar-refractivity contribution in [1.82, 2.24) is 10.2 Å². The van der Waals surface area contributed by atoms with Crippen LogP contribution in [0, 0.1) is 5.82 Å². The van der Waals surface area contributed by atoms with E-state index < -0.39 is 11.7 Å². The second-order valence-electron chi connectivity index (χ2n) is 6.22. The van der Waals surface area contributed by atoms with E-state index in [1.54, 1.807) is 37.8 Å². The lowest BCUT2D eigenvalue weighted by Gasteiger charge is -2.22. The van der Waals surface area contributed by atoms with Crippen LogP contribution in [0.3, 0.4) is 0 Å². The van der Waals surface area contributed by atoms with Gasteiger partial charge in [0, 0.05) is 26.1 Å². The summed E-state index contributed by atoms with van der Waals surface area (Å²) in [5, 5.41) is 2.55. The molecule has 1 aromatic carbocycles. The molecule has 0 aromatic heterocycles. The largest absolute Gasteiger partial charge is 0.444 e. The zero-order valence-corrected chi connectivity index (χ0v) is 14.2. The van der Waals surface area contributed by atoms with E-state index in [-0.39, 0.29) is 24.7 Å². The Balaban J connectivity index is 2.44. The molecule has 1 rings (SSSR count). The van der Waals surface area contributed by atoms with Gasteiger partial charge in [-0.25, -0.2) is 9.18 Å². The monoisotopic (exact) mass is 324 g/mol. The molecule has 0 atom stereocenters. The number of carbonyl (C=O) groups excluding carboxylic acids is 2. The Kier molecular flexibility index (Phi) is 7.00. The van der Waals surface area contributed by atoms with Gasteiger partial charge in [-0.05, 0) is 45.4 Å². The highest BCUT2D eigenvalue weighted by Gasteiger charge is 2.17. The van der Waals surface area contributed by atoms with Crippen molar-refractivity contribution in [3.05, 3.63) is 35.6 Å². The lowest BCUT2D eigenvalue weighted by Crippen LogP contribution is -2.36. The number of nitrogens with one attached hydrogen (secondary N) is 1. The third kappa shape index (κ3) is 7.63. The minimum Gasteiger partial charge on any atom is -0.444 e. The highest BCUT2D eigenvalue weighted by atomic mass is 19.1. The first-order valence-corrected chi connectivity index (χ1v) is 7.70. The summed E-state index contributed by atoms with van der Waals surface area (Å²) in [6.07, 6.45) is -0.374. The molecular formula is C17H25FN2O3. The quantitative estimate of drug-likeness (QED) is 0.875. The van der Waals surface area contributed by atoms with Gasteiger partial charge in [-0.1, -0.05) is 12.1 Å². The van der Waals surface area contributed by atoms with Gasteiger partial charge in [-0.15, -0.1) is 0 Å². The summed E-state index contributed by atoms with van der Waals surface area (Å²) in [5.74, 6) is -0.426. The van der Waals surface area contributed by atoms with Gasteiger partial charge in [0.1, 0.15) is 11.4 Å². The molecular weight excluding hydrogens is 299 g/mol. The Morgan fingerprint density at radius 3 is 2.57 bits per heavy atom. The minimum absolute atomic E-state index is 0.104. The number of halogens is 1. The number of hydrogen-bond donors (Lipinski definition) is 1. The summed E-state index contributed by atoms with van der Waals surface area (Å²) in [5.41, 5.74) is 0.168. The Labute approximate surface area is 136 Å². The number of amides is 2. The average Bonchev–Trinajstić information content (AvgIpc) is 2.42. The van der Waals surface area contributed by atoms with Crippen LogP contribution >= 0.6 is 0 Å². The molecule has 0 spiro atoms. The van der Waals surface area contributed by atoms with Crippen molar-refractivity contribution in [3.8, 4) is 0 Å². The van der Waals surface area contributed by atoms with Crippen molar-refractivity contribution >= 4 is 12.0 Å². The van der Waals surface area contributed by atoms with Gasteiger partial charge in [0.15, 0.2) is 0 Å². The number of nitrogens with zero attached hydrogens (tertiary/aromatic N) is 1. The van der Waals surface area contributed by atoms with Gasteiger partial charge in [0.25, 0.3) is 0 Å². The normalized spacial score (nSPS) is 11.0. The maximum atomic E-state index is 13.2. The zero-order chi connectivity index (χ0) is 17.5. The van der Waals surface area contributed by atoms with Gasteiger partial charge >= 0.3 is 6.09 Å². The van der Waals surface area contributed by atoms with Crippen molar-refractivity contribution in [2.24, 2.45) is 0 Å². The highest BCUT2D eigenvalue weighted by molar-refractivity contribution is 5.77. The van der Waals surface area contributed by atoms with E-state index in [1.807, 2.05) is 6.92 Å². The van der Waals surface area contributed by atoms with Crippen LogP contribution < -0.4 is 5.32 Å². The second-order valence-corrected chi connectivity index (χ2v) is 6.22. The van der Waals surface area contributed by atoms with Gasteiger partial charge in [0.05, 0.1) is 0 Å². The molecule has 1 N–H and O–H groups in total. The van der Waals surface area contributed by atoms with E-state index in [9.17, 15) is 14.0 Å². The molecule has 128 valence electrons. The standard InChI is InChI=1S/C17H25FN2O3/c1-5-20(12-13-7-6-8-14(18)11-13)15(21)9-10-19-16(22)23-17(2,3)4/h6-8,11H,5,9-10,12H2,1-4H3,(H,19,22). The van der Waals surface area contributed by atoms with Gasteiger partial charge in [-0.3, -0.25) is 4.79 Å². The fourth-order valence-electron chi connectivity index (χ4n) is 1.98. The predicted octanol–water partition coefficient (Wildman–Crippen LogP) is 3.09. The Hall–Kier alpha value is -2.11. The van der Waals surface area contributed by atoms with Crippen molar-refractivity contribution in [3.63, 3.8) is 0 Å². The third-order valence-electron chi connectivity index (χ3n) is 3.00. The zero-order valence-electron chi connectivity index (χ0n) is 14.2. The van der Waals surface area contributed by atoms with E-state index in [1.165, 1.54) is 12.1 Å². The molecule has 0 radical (unpaired) electrons. The molecule has 0 aliphatic rings. The Morgan fingerprint density at radius 2 is 2.00 bits per heavy atom. The van der Waals surface area contributed by atoms with Crippen LogP contribution in [0.25, 0.3) is 0 Å². The average molecular weight is 324 g/mol. The summed E-state index contributed by atoms with van der Waals surface area (Å²) in [4.78, 5) is 25.3. The highest BCUT2D eigenvalue weighted by Crippen LogP contribution is 2.09. The summed E-state index contributed by atoms with van der Waals surface area (Å²) in [6.45, 7) is 8.24. The Bertz CT molecular complexity index is 541. The molecule has 5 nitrogen and oxygen atoms in total. The number of ether oxygens (including phenoxy) is 1. The molecule has 0 bridgehead atoms. The predicted molar refractivity (Wildman–Crippen MR) is 86.3 cm³/mol. The first kappa shape index (κ1) is 18.9. The first-order chi connectivity index (χ1) is 10.7. The van der Waals surface area contributed by atoms with E-state index in [0.717, 1.165) is 5.56 Å². The van der Waals surface area contributed by atoms with Crippen LogP contribution in [0.5, 0.6) is 0 Å². The maximum Gasteiger partial charge on any atom is 0.407 e. The minimum atomic E-state index is -0.569. The van der Waals surface area contributed by atoms with Crippen LogP contribution in [-0.2, 0) is 16.1 Å². The Morgan fingerprint density at radius 1 is 1.30 bits per heavy atom. The fourth-order valence-corrected chi connectivity index (χ4v) is 1.98. The third-order valence-corrected chi connectivity index (χ3v) is 3.00. The molecule has 2 amide bonds. The molecule has 0 fully saturated rings. The van der Waals surface area contributed by atoms with Crippen molar-refractivity contribution < 1.29 is 18.7 Å². The molecule has 0 unspecified atom stereocenters. The summed E-state index contributed by atoms with van der Waals surface area (Å²) in [6, 6.07) is 6.17. The number of benzene rings is 1. The smallest absolute Gasteiger partial charge is 0.407 e. The van der Waals surface area contributed by atoms with Gasteiger partial charge in [0.2, 0.25) is 5.91 Å². The first-order valence-electron chi connectivity index (χ1n) is 7.70.